The Morgan fingerprint density at radius 1 is 0.807 bits per heavy atom. The van der Waals surface area contributed by atoms with Gasteiger partial charge in [0.1, 0.15) is 10.8 Å². The lowest BCUT2D eigenvalue weighted by Crippen LogP contribution is -2.40. The highest BCUT2D eigenvalue weighted by Gasteiger charge is 2.26. The number of urea groups is 1. The van der Waals surface area contributed by atoms with Gasteiger partial charge < -0.3 is 21.3 Å². The predicted octanol–water partition coefficient (Wildman–Crippen LogP) is 7.18. The minimum atomic E-state index is -0.456. The summed E-state index contributed by atoms with van der Waals surface area (Å²) < 4.78 is 0. The van der Waals surface area contributed by atoms with Crippen molar-refractivity contribution in [2.45, 2.75) is 77.8 Å². The molecule has 2 aromatic carbocycles. The number of halogens is 1. The monoisotopic (exact) mass is 789 g/mol. The first kappa shape index (κ1) is 41.8. The van der Waals surface area contributed by atoms with Crippen LogP contribution in [0.1, 0.15) is 108 Å². The Labute approximate surface area is 336 Å². The number of Topliss-reactive ketones (excluding diaryl/α,β-unsaturated/α-hetero) is 2. The van der Waals surface area contributed by atoms with Crippen molar-refractivity contribution in [1.82, 2.24) is 20.6 Å². The van der Waals surface area contributed by atoms with Crippen LogP contribution in [0.3, 0.4) is 0 Å². The maximum absolute atomic E-state index is 13.1. The molecule has 1 atom stereocenters. The second-order valence-corrected chi connectivity index (χ2v) is 14.2. The first-order valence-corrected chi connectivity index (χ1v) is 19.1. The molecule has 1 unspecified atom stereocenters. The zero-order chi connectivity index (χ0) is 40.9. The minimum Gasteiger partial charge on any atom is -0.382 e. The molecule has 0 spiro atoms. The zero-order valence-corrected chi connectivity index (χ0v) is 32.7. The number of hydrogen-bond donors (Lipinski definition) is 5. The van der Waals surface area contributed by atoms with Crippen LogP contribution in [0.4, 0.5) is 21.9 Å². The molecule has 1 saturated heterocycles. The quantitative estimate of drug-likeness (QED) is 0.0507. The van der Waals surface area contributed by atoms with Crippen molar-refractivity contribution in [2.24, 2.45) is 5.92 Å². The molecule has 6 rings (SSSR count). The van der Waals surface area contributed by atoms with Crippen LogP contribution in [0.2, 0.25) is 5.15 Å². The van der Waals surface area contributed by atoms with E-state index in [4.69, 9.17) is 11.6 Å². The van der Waals surface area contributed by atoms with E-state index in [1.807, 2.05) is 19.1 Å². The summed E-state index contributed by atoms with van der Waals surface area (Å²) in [4.78, 5) is 79.5. The van der Waals surface area contributed by atoms with Gasteiger partial charge in [-0.25, -0.2) is 14.8 Å². The number of amides is 5. The number of carbonyl (C=O) groups excluding carboxylic acids is 6. The van der Waals surface area contributed by atoms with Crippen LogP contribution in [0.5, 0.6) is 0 Å². The van der Waals surface area contributed by atoms with Gasteiger partial charge in [-0.3, -0.25) is 29.3 Å². The van der Waals surface area contributed by atoms with E-state index in [0.29, 0.717) is 51.4 Å². The summed E-state index contributed by atoms with van der Waals surface area (Å²) in [5, 5.41) is 14.6. The molecule has 0 radical (unpaired) electrons. The van der Waals surface area contributed by atoms with Crippen molar-refractivity contribution in [3.05, 3.63) is 112 Å². The van der Waals surface area contributed by atoms with E-state index >= 15 is 0 Å². The first-order chi connectivity index (χ1) is 27.4. The van der Waals surface area contributed by atoms with Gasteiger partial charge in [-0.1, -0.05) is 42.6 Å². The number of benzene rings is 2. The highest BCUT2D eigenvalue weighted by Crippen LogP contribution is 2.27. The van der Waals surface area contributed by atoms with E-state index in [0.717, 1.165) is 38.5 Å². The third-order valence-corrected chi connectivity index (χ3v) is 9.73. The number of nitrogens with zero attached hydrogens (tertiary/aromatic N) is 2. The molecular formula is C43H44ClN7O6. The molecule has 2 aliphatic rings. The number of pyridine rings is 2. The molecular weight excluding hydrogens is 746 g/mol. The second kappa shape index (κ2) is 20.0. The van der Waals surface area contributed by atoms with E-state index in [2.05, 4.69) is 48.4 Å². The Morgan fingerprint density at radius 3 is 2.16 bits per heavy atom. The lowest BCUT2D eigenvalue weighted by atomic mass is 9.90. The summed E-state index contributed by atoms with van der Waals surface area (Å²) in [6, 6.07) is 18.5. The summed E-state index contributed by atoms with van der Waals surface area (Å²) in [7, 11) is 0. The van der Waals surface area contributed by atoms with Gasteiger partial charge in [-0.2, -0.15) is 0 Å². The SMILES string of the molecule is CC(=O)c1cccc(NC2CCC(NC(=O)c3cccc(C#Cc4cc(NC(=O)Nc5ccnc(Cl)c5)ccn4)c3)CC2)c1C(C)=O.CCC1CCC(=O)NC1=O. The average Bonchev–Trinajstić information content (AvgIpc) is 3.18. The fraction of sp³-hybridized carbons (Fsp3) is 0.302. The minimum absolute atomic E-state index is 0.0123. The number of hydrogen-bond acceptors (Lipinski definition) is 9. The number of aromatic nitrogens is 2. The average molecular weight is 790 g/mol. The largest absolute Gasteiger partial charge is 0.382 e. The van der Waals surface area contributed by atoms with Crippen LogP contribution in [-0.2, 0) is 9.59 Å². The smallest absolute Gasteiger partial charge is 0.323 e. The third kappa shape index (κ3) is 12.3. The molecule has 2 fully saturated rings. The Kier molecular flexibility index (Phi) is 14.6. The Balaban J connectivity index is 0.000000540. The maximum atomic E-state index is 13.1. The van der Waals surface area contributed by atoms with Gasteiger partial charge >= 0.3 is 6.03 Å². The molecule has 13 nitrogen and oxygen atoms in total. The highest BCUT2D eigenvalue weighted by atomic mass is 35.5. The number of anilines is 3. The summed E-state index contributed by atoms with van der Waals surface area (Å²) >= 11 is 5.87. The molecule has 57 heavy (non-hydrogen) atoms. The summed E-state index contributed by atoms with van der Waals surface area (Å²) in [6.07, 6.45) is 8.25. The van der Waals surface area contributed by atoms with E-state index in [9.17, 15) is 28.8 Å². The van der Waals surface area contributed by atoms with Gasteiger partial charge in [0.15, 0.2) is 11.6 Å². The normalized spacial score (nSPS) is 17.3. The van der Waals surface area contributed by atoms with Gasteiger partial charge in [0.2, 0.25) is 11.8 Å². The van der Waals surface area contributed by atoms with Crippen LogP contribution in [0.15, 0.2) is 79.1 Å². The van der Waals surface area contributed by atoms with Crippen molar-refractivity contribution in [1.29, 1.82) is 0 Å². The molecule has 5 N–H and O–H groups in total. The predicted molar refractivity (Wildman–Crippen MR) is 218 cm³/mol. The van der Waals surface area contributed by atoms with Crippen molar-refractivity contribution in [2.75, 3.05) is 16.0 Å². The Morgan fingerprint density at radius 2 is 1.49 bits per heavy atom. The number of rotatable bonds is 9. The van der Waals surface area contributed by atoms with Crippen LogP contribution < -0.4 is 26.6 Å². The van der Waals surface area contributed by atoms with E-state index in [-0.39, 0.29) is 52.4 Å². The van der Waals surface area contributed by atoms with Crippen LogP contribution in [-0.4, -0.2) is 57.4 Å². The molecule has 1 aliphatic heterocycles. The number of piperidine rings is 1. The van der Waals surface area contributed by atoms with Gasteiger partial charge in [0, 0.05) is 70.6 Å². The van der Waals surface area contributed by atoms with Crippen molar-refractivity contribution < 1.29 is 28.8 Å². The molecule has 294 valence electrons. The molecule has 3 heterocycles. The molecule has 4 aromatic rings. The summed E-state index contributed by atoms with van der Waals surface area (Å²) in [5.41, 5.74) is 4.11. The fourth-order valence-electron chi connectivity index (χ4n) is 6.57. The number of carbonyl (C=O) groups is 6. The molecule has 2 aromatic heterocycles. The fourth-order valence-corrected chi connectivity index (χ4v) is 6.74. The molecule has 0 bridgehead atoms. The lowest BCUT2D eigenvalue weighted by Gasteiger charge is -2.31. The summed E-state index contributed by atoms with van der Waals surface area (Å²) in [5.74, 6) is 5.40. The number of imide groups is 1. The number of ketones is 2. The van der Waals surface area contributed by atoms with Crippen LogP contribution in [0.25, 0.3) is 0 Å². The first-order valence-electron chi connectivity index (χ1n) is 18.7. The molecule has 14 heteroatoms. The molecule has 5 amide bonds. The van der Waals surface area contributed by atoms with Crippen LogP contribution in [0, 0.1) is 17.8 Å². The van der Waals surface area contributed by atoms with E-state index in [1.54, 1.807) is 54.7 Å². The topological polar surface area (TPSA) is 188 Å². The molecule has 1 saturated carbocycles. The van der Waals surface area contributed by atoms with Gasteiger partial charge in [0.25, 0.3) is 5.91 Å². The van der Waals surface area contributed by atoms with Crippen LogP contribution >= 0.6 is 11.6 Å². The highest BCUT2D eigenvalue weighted by molar-refractivity contribution is 6.29. The zero-order valence-electron chi connectivity index (χ0n) is 31.9. The van der Waals surface area contributed by atoms with Gasteiger partial charge in [-0.05, 0) is 107 Å². The van der Waals surface area contributed by atoms with Crippen molar-refractivity contribution in [3.8, 4) is 11.8 Å². The molecule has 1 aliphatic carbocycles. The van der Waals surface area contributed by atoms with Gasteiger partial charge in [-0.15, -0.1) is 0 Å². The Bertz CT molecular complexity index is 2220. The second-order valence-electron chi connectivity index (χ2n) is 13.8. The maximum Gasteiger partial charge on any atom is 0.323 e. The van der Waals surface area contributed by atoms with Crippen molar-refractivity contribution >= 4 is 64.0 Å². The Hall–Kier alpha value is -6.39. The summed E-state index contributed by atoms with van der Waals surface area (Å²) in [6.45, 7) is 4.89. The van der Waals surface area contributed by atoms with Gasteiger partial charge in [0.05, 0.1) is 5.56 Å². The lowest BCUT2D eigenvalue weighted by molar-refractivity contribution is -0.136. The van der Waals surface area contributed by atoms with Crippen molar-refractivity contribution in [3.63, 3.8) is 0 Å². The standard InChI is InChI=1S/C36H33ClN6O4.C7H11NO2/c1-22(44)31-7-4-8-32(34(31)23(2)45)40-26-11-13-27(14-12-26)41-35(46)25-6-3-5-24(19-25)9-10-28-20-29(15-17-38-28)42-36(47)43-30-16-18-39-33(37)21-30;1-2-5-3-4-6(9)8-7(5)10/h3-8,15-21,26-27,40H,11-14H2,1-2H3,(H,41,46)(H2,38,39,42,43,47);5H,2-4H2,1H3,(H,8,9,10). The van der Waals surface area contributed by atoms with E-state index < -0.39 is 6.03 Å². The third-order valence-electron chi connectivity index (χ3n) is 9.53. The van der Waals surface area contributed by atoms with E-state index in [1.165, 1.54) is 26.1 Å². The number of nitrogens with one attached hydrogen (secondary N) is 5.